The summed E-state index contributed by atoms with van der Waals surface area (Å²) in [5.74, 6) is 1.67. The van der Waals surface area contributed by atoms with Crippen LogP contribution in [0, 0.1) is 11.8 Å². The monoisotopic (exact) mass is 168 g/mol. The molecule has 0 bridgehead atoms. The van der Waals surface area contributed by atoms with E-state index in [1.54, 1.807) is 0 Å². The number of hydrogen-bond donors (Lipinski definition) is 1. The topological polar surface area (TPSA) is 32.3 Å². The highest BCUT2D eigenvalue weighted by Gasteiger charge is 2.26. The van der Waals surface area contributed by atoms with Crippen molar-refractivity contribution in [1.29, 1.82) is 0 Å². The summed E-state index contributed by atoms with van der Waals surface area (Å²) in [4.78, 5) is 12.3. The number of nitrogens with one attached hydrogen (secondary N) is 1. The Morgan fingerprint density at radius 2 is 2.25 bits per heavy atom. The third kappa shape index (κ3) is 1.61. The molecule has 2 fully saturated rings. The van der Waals surface area contributed by atoms with Gasteiger partial charge in [0.05, 0.1) is 0 Å². The van der Waals surface area contributed by atoms with Gasteiger partial charge < -0.3 is 10.2 Å². The van der Waals surface area contributed by atoms with Crippen molar-refractivity contribution in [3.63, 3.8) is 0 Å². The van der Waals surface area contributed by atoms with Gasteiger partial charge in [-0.05, 0) is 37.8 Å². The molecule has 12 heavy (non-hydrogen) atoms. The molecule has 2 aliphatic rings. The van der Waals surface area contributed by atoms with Gasteiger partial charge in [-0.1, -0.05) is 0 Å². The van der Waals surface area contributed by atoms with E-state index < -0.39 is 0 Å². The van der Waals surface area contributed by atoms with Crippen molar-refractivity contribution in [2.75, 3.05) is 26.2 Å². The van der Waals surface area contributed by atoms with Crippen molar-refractivity contribution >= 4 is 6.41 Å². The molecule has 2 rings (SSSR count). The van der Waals surface area contributed by atoms with E-state index in [2.05, 4.69) is 5.32 Å². The molecular formula is C9H16N2O. The molecule has 1 N–H and O–H groups in total. The number of carbonyl (C=O) groups is 1. The lowest BCUT2D eigenvalue weighted by molar-refractivity contribution is -0.117. The van der Waals surface area contributed by atoms with Crippen LogP contribution >= 0.6 is 0 Å². The summed E-state index contributed by atoms with van der Waals surface area (Å²) in [7, 11) is 0. The van der Waals surface area contributed by atoms with Gasteiger partial charge in [-0.2, -0.15) is 0 Å². The molecule has 0 aliphatic carbocycles. The van der Waals surface area contributed by atoms with Crippen LogP contribution in [0.1, 0.15) is 12.8 Å². The molecule has 3 nitrogen and oxygen atoms in total. The van der Waals surface area contributed by atoms with E-state index in [1.165, 1.54) is 25.9 Å². The second-order valence-electron chi connectivity index (χ2n) is 4.02. The van der Waals surface area contributed by atoms with Crippen LogP contribution in [0.3, 0.4) is 0 Å². The van der Waals surface area contributed by atoms with Gasteiger partial charge in [-0.25, -0.2) is 0 Å². The molecule has 0 aromatic heterocycles. The first kappa shape index (κ1) is 8.05. The van der Waals surface area contributed by atoms with Crippen molar-refractivity contribution in [3.05, 3.63) is 0 Å². The van der Waals surface area contributed by atoms with Gasteiger partial charge in [-0.3, -0.25) is 4.79 Å². The Labute approximate surface area is 73.1 Å². The van der Waals surface area contributed by atoms with Crippen molar-refractivity contribution in [3.8, 4) is 0 Å². The molecule has 0 radical (unpaired) electrons. The highest BCUT2D eigenvalue weighted by atomic mass is 16.1. The van der Waals surface area contributed by atoms with Gasteiger partial charge in [0.2, 0.25) is 6.41 Å². The zero-order chi connectivity index (χ0) is 8.39. The number of likely N-dealkylation sites (tertiary alicyclic amines) is 1. The fraction of sp³-hybridized carbons (Fsp3) is 0.889. The van der Waals surface area contributed by atoms with Crippen molar-refractivity contribution in [1.82, 2.24) is 10.2 Å². The van der Waals surface area contributed by atoms with Gasteiger partial charge in [0, 0.05) is 13.1 Å². The summed E-state index contributed by atoms with van der Waals surface area (Å²) in [6, 6.07) is 0. The van der Waals surface area contributed by atoms with Crippen LogP contribution in [0.15, 0.2) is 0 Å². The van der Waals surface area contributed by atoms with Crippen molar-refractivity contribution in [2.24, 2.45) is 11.8 Å². The smallest absolute Gasteiger partial charge is 0.209 e. The van der Waals surface area contributed by atoms with Crippen molar-refractivity contribution in [2.45, 2.75) is 12.8 Å². The molecule has 0 aromatic carbocycles. The summed E-state index contributed by atoms with van der Waals surface area (Å²) >= 11 is 0. The molecule has 2 aliphatic heterocycles. The Morgan fingerprint density at radius 3 is 2.75 bits per heavy atom. The van der Waals surface area contributed by atoms with E-state index in [-0.39, 0.29) is 0 Å². The number of amides is 1. The molecule has 2 heterocycles. The molecule has 1 amide bonds. The van der Waals surface area contributed by atoms with E-state index >= 15 is 0 Å². The van der Waals surface area contributed by atoms with Gasteiger partial charge in [0.15, 0.2) is 0 Å². The lowest BCUT2D eigenvalue weighted by Gasteiger charge is -2.29. The number of carbonyl (C=O) groups excluding carboxylic acids is 1. The minimum absolute atomic E-state index is 0.780. The maximum Gasteiger partial charge on any atom is 0.209 e. The molecule has 0 aromatic rings. The van der Waals surface area contributed by atoms with Gasteiger partial charge in [0.1, 0.15) is 0 Å². The number of hydrogen-bond acceptors (Lipinski definition) is 2. The Morgan fingerprint density at radius 1 is 1.42 bits per heavy atom. The predicted molar refractivity (Wildman–Crippen MR) is 46.7 cm³/mol. The highest BCUT2D eigenvalue weighted by Crippen LogP contribution is 2.24. The molecular weight excluding hydrogens is 152 g/mol. The largest absolute Gasteiger partial charge is 0.345 e. The lowest BCUT2D eigenvalue weighted by Crippen LogP contribution is -2.43. The molecule has 0 saturated carbocycles. The van der Waals surface area contributed by atoms with Gasteiger partial charge >= 0.3 is 0 Å². The summed E-state index contributed by atoms with van der Waals surface area (Å²) in [5.41, 5.74) is 0. The highest BCUT2D eigenvalue weighted by molar-refractivity contribution is 5.47. The van der Waals surface area contributed by atoms with Gasteiger partial charge in [0.25, 0.3) is 0 Å². The normalized spacial score (nSPS) is 30.3. The first-order chi connectivity index (χ1) is 5.88. The quantitative estimate of drug-likeness (QED) is 0.605. The number of rotatable bonds is 3. The van der Waals surface area contributed by atoms with Crippen LogP contribution in [0.2, 0.25) is 0 Å². The van der Waals surface area contributed by atoms with Crippen LogP contribution in [0.4, 0.5) is 0 Å². The van der Waals surface area contributed by atoms with E-state index in [1.807, 2.05) is 4.90 Å². The molecule has 1 atom stereocenters. The van der Waals surface area contributed by atoms with Crippen LogP contribution in [0.5, 0.6) is 0 Å². The first-order valence-corrected chi connectivity index (χ1v) is 4.78. The summed E-state index contributed by atoms with van der Waals surface area (Å²) in [6.45, 7) is 4.36. The minimum Gasteiger partial charge on any atom is -0.345 e. The van der Waals surface area contributed by atoms with E-state index in [4.69, 9.17) is 0 Å². The average molecular weight is 168 g/mol. The third-order valence-electron chi connectivity index (χ3n) is 3.00. The van der Waals surface area contributed by atoms with E-state index in [0.29, 0.717) is 0 Å². The van der Waals surface area contributed by atoms with Crippen LogP contribution in [0.25, 0.3) is 0 Å². The SMILES string of the molecule is O=CN1CCC(CC2CNC2)C1. The van der Waals surface area contributed by atoms with Gasteiger partial charge in [-0.15, -0.1) is 0 Å². The van der Waals surface area contributed by atoms with Crippen molar-refractivity contribution < 1.29 is 4.79 Å². The second-order valence-corrected chi connectivity index (χ2v) is 4.02. The Balaban J connectivity index is 1.71. The molecule has 68 valence electrons. The summed E-state index contributed by atoms with van der Waals surface area (Å²) in [6.07, 6.45) is 3.52. The first-order valence-electron chi connectivity index (χ1n) is 4.78. The number of nitrogens with zero attached hydrogens (tertiary/aromatic N) is 1. The van der Waals surface area contributed by atoms with E-state index in [9.17, 15) is 4.79 Å². The Hall–Kier alpha value is -0.570. The fourth-order valence-corrected chi connectivity index (χ4v) is 2.14. The third-order valence-corrected chi connectivity index (χ3v) is 3.00. The zero-order valence-corrected chi connectivity index (χ0v) is 7.33. The predicted octanol–water partition coefficient (Wildman–Crippen LogP) is 0.0742. The second kappa shape index (κ2) is 3.44. The maximum absolute atomic E-state index is 10.4. The zero-order valence-electron chi connectivity index (χ0n) is 7.33. The Bertz CT molecular complexity index is 168. The van der Waals surface area contributed by atoms with Crippen LogP contribution in [-0.4, -0.2) is 37.5 Å². The molecule has 2 saturated heterocycles. The lowest BCUT2D eigenvalue weighted by atomic mass is 9.90. The Kier molecular flexibility index (Phi) is 2.30. The van der Waals surface area contributed by atoms with E-state index in [0.717, 1.165) is 31.3 Å². The standard InChI is InChI=1S/C9H16N2O/c12-7-11-2-1-8(6-11)3-9-4-10-5-9/h7-10H,1-6H2. The molecule has 1 unspecified atom stereocenters. The minimum atomic E-state index is 0.780. The fourth-order valence-electron chi connectivity index (χ4n) is 2.14. The van der Waals surface area contributed by atoms with Crippen LogP contribution in [-0.2, 0) is 4.79 Å². The molecule has 0 spiro atoms. The summed E-state index contributed by atoms with van der Waals surface area (Å²) < 4.78 is 0. The average Bonchev–Trinajstić information content (AvgIpc) is 2.44. The molecule has 3 heteroatoms. The maximum atomic E-state index is 10.4. The summed E-state index contributed by atoms with van der Waals surface area (Å²) in [5, 5.41) is 3.28. The van der Waals surface area contributed by atoms with Crippen LogP contribution < -0.4 is 5.32 Å².